The van der Waals surface area contributed by atoms with Crippen molar-refractivity contribution in [1.29, 1.82) is 0 Å². The minimum absolute atomic E-state index is 0.259. The summed E-state index contributed by atoms with van der Waals surface area (Å²) >= 11 is 3.49. The first-order chi connectivity index (χ1) is 10.3. The van der Waals surface area contributed by atoms with Crippen LogP contribution in [0, 0.1) is 12.7 Å². The van der Waals surface area contributed by atoms with Crippen molar-refractivity contribution in [3.8, 4) is 11.3 Å². The number of aryl methyl sites for hydroxylation is 1. The van der Waals surface area contributed by atoms with Crippen LogP contribution < -0.4 is 0 Å². The van der Waals surface area contributed by atoms with Gasteiger partial charge in [-0.3, -0.25) is 0 Å². The van der Waals surface area contributed by atoms with Crippen molar-refractivity contribution < 1.29 is 9.13 Å². The molecule has 0 saturated heterocycles. The van der Waals surface area contributed by atoms with E-state index in [-0.39, 0.29) is 5.82 Å². The fourth-order valence-corrected chi connectivity index (χ4v) is 3.33. The Balaban J connectivity index is 2.16. The van der Waals surface area contributed by atoms with E-state index in [0.717, 1.165) is 33.9 Å². The first-order valence-electron chi connectivity index (χ1n) is 7.33. The molecule has 1 aromatic carbocycles. The number of hydrogen-bond donors (Lipinski definition) is 0. The molecule has 0 bridgehead atoms. The summed E-state index contributed by atoms with van der Waals surface area (Å²) in [5.41, 5.74) is 2.68. The number of nitrogens with zero attached hydrogens (tertiary/aromatic N) is 2. The molecule has 0 spiro atoms. The molecule has 0 saturated carbocycles. The molecule has 0 atom stereocenters. The van der Waals surface area contributed by atoms with E-state index in [2.05, 4.69) is 40.7 Å². The smallest absolute Gasteiger partial charge is 0.140 e. The molecule has 0 fully saturated rings. The number of hydrogen-bond acceptors (Lipinski definition) is 2. The largest absolute Gasteiger partial charge is 0.360 e. The molecule has 2 aromatic rings. The van der Waals surface area contributed by atoms with Gasteiger partial charge in [-0.15, -0.1) is 0 Å². The number of aromatic nitrogens is 2. The van der Waals surface area contributed by atoms with Crippen LogP contribution in [0.4, 0.5) is 4.39 Å². The first-order valence-corrected chi connectivity index (χ1v) is 11.8. The van der Waals surface area contributed by atoms with Gasteiger partial charge in [-0.25, -0.2) is 9.07 Å². The topological polar surface area (TPSA) is 27.1 Å². The van der Waals surface area contributed by atoms with Crippen molar-refractivity contribution in [3.63, 3.8) is 0 Å². The minimum atomic E-state index is -1.10. The second-order valence-corrected chi connectivity index (χ2v) is 13.1. The van der Waals surface area contributed by atoms with Crippen LogP contribution in [0.5, 0.6) is 0 Å². The Morgan fingerprint density at radius 3 is 2.73 bits per heavy atom. The molecule has 1 aromatic heterocycles. The van der Waals surface area contributed by atoms with Gasteiger partial charge in [0.25, 0.3) is 0 Å². The lowest BCUT2D eigenvalue weighted by atomic mass is 10.1. The zero-order valence-corrected chi connectivity index (χ0v) is 16.1. The molecule has 0 aliphatic rings. The molecular formula is C16H22BrFN2OSi. The highest BCUT2D eigenvalue weighted by Gasteiger charge is 2.15. The van der Waals surface area contributed by atoms with Crippen molar-refractivity contribution in [2.24, 2.45) is 0 Å². The Labute approximate surface area is 140 Å². The highest BCUT2D eigenvalue weighted by Crippen LogP contribution is 2.31. The van der Waals surface area contributed by atoms with E-state index in [1.165, 1.54) is 12.1 Å². The number of rotatable bonds is 6. The summed E-state index contributed by atoms with van der Waals surface area (Å²) in [7, 11) is -1.10. The van der Waals surface area contributed by atoms with Crippen molar-refractivity contribution in [2.75, 3.05) is 6.61 Å². The monoisotopic (exact) mass is 384 g/mol. The molecule has 0 amide bonds. The normalized spacial score (nSPS) is 11.9. The fourth-order valence-electron chi connectivity index (χ4n) is 2.14. The molecule has 1 heterocycles. The highest BCUT2D eigenvalue weighted by molar-refractivity contribution is 9.10. The van der Waals surface area contributed by atoms with E-state index < -0.39 is 8.07 Å². The van der Waals surface area contributed by atoms with Gasteiger partial charge in [-0.1, -0.05) is 35.6 Å². The van der Waals surface area contributed by atoms with E-state index >= 15 is 0 Å². The van der Waals surface area contributed by atoms with Crippen LogP contribution in [-0.2, 0) is 11.5 Å². The number of halogens is 2. The molecule has 2 rings (SSSR count). The van der Waals surface area contributed by atoms with Gasteiger partial charge in [0.2, 0.25) is 0 Å². The quantitative estimate of drug-likeness (QED) is 0.513. The molecule has 3 nitrogen and oxygen atoms in total. The average molecular weight is 385 g/mol. The van der Waals surface area contributed by atoms with Crippen LogP contribution in [0.1, 0.15) is 5.56 Å². The maximum atomic E-state index is 13.6. The molecule has 120 valence electrons. The first kappa shape index (κ1) is 17.4. The zero-order chi connectivity index (χ0) is 16.3. The molecule has 0 N–H and O–H groups in total. The Bertz CT molecular complexity index is 652. The van der Waals surface area contributed by atoms with Crippen LogP contribution in [0.2, 0.25) is 25.7 Å². The Morgan fingerprint density at radius 1 is 1.32 bits per heavy atom. The van der Waals surface area contributed by atoms with E-state index in [1.54, 1.807) is 16.9 Å². The maximum absolute atomic E-state index is 13.6. The third kappa shape index (κ3) is 4.51. The molecule has 6 heteroatoms. The van der Waals surface area contributed by atoms with Crippen LogP contribution in [0.15, 0.2) is 28.9 Å². The van der Waals surface area contributed by atoms with Gasteiger partial charge < -0.3 is 4.74 Å². The lowest BCUT2D eigenvalue weighted by Crippen LogP contribution is -2.22. The summed E-state index contributed by atoms with van der Waals surface area (Å²) in [6.07, 6.45) is 1.79. The van der Waals surface area contributed by atoms with Crippen molar-refractivity contribution in [3.05, 3.63) is 40.2 Å². The second-order valence-electron chi connectivity index (χ2n) is 6.65. The van der Waals surface area contributed by atoms with Gasteiger partial charge in [-0.2, -0.15) is 5.10 Å². The van der Waals surface area contributed by atoms with Gasteiger partial charge in [0.05, 0.1) is 11.9 Å². The molecule has 0 aliphatic heterocycles. The lowest BCUT2D eigenvalue weighted by Gasteiger charge is -2.16. The molecule has 0 unspecified atom stereocenters. The summed E-state index contributed by atoms with van der Waals surface area (Å²) in [5.74, 6) is -0.259. The summed E-state index contributed by atoms with van der Waals surface area (Å²) in [4.78, 5) is 0. The van der Waals surface area contributed by atoms with Crippen LogP contribution in [0.25, 0.3) is 11.3 Å². The fraction of sp³-hybridized carbons (Fsp3) is 0.438. The van der Waals surface area contributed by atoms with E-state index in [0.29, 0.717) is 6.73 Å². The van der Waals surface area contributed by atoms with Gasteiger partial charge in [-0.05, 0) is 36.7 Å². The Kier molecular flexibility index (Phi) is 5.58. The second kappa shape index (κ2) is 7.06. The maximum Gasteiger partial charge on any atom is 0.140 e. The van der Waals surface area contributed by atoms with E-state index in [9.17, 15) is 4.39 Å². The summed E-state index contributed by atoms with van der Waals surface area (Å²) < 4.78 is 22.0. The highest BCUT2D eigenvalue weighted by atomic mass is 79.9. The van der Waals surface area contributed by atoms with Gasteiger partial charge >= 0.3 is 0 Å². The van der Waals surface area contributed by atoms with Crippen molar-refractivity contribution in [2.45, 2.75) is 39.3 Å². The standard InChI is InChI=1S/C16H22BrFN2OSi/c1-12-10-19-20(11-21-7-8-22(2,3)4)16(12)14-9-13(18)5-6-15(14)17/h5-6,9-10H,7-8,11H2,1-4H3. The zero-order valence-electron chi connectivity index (χ0n) is 13.5. The van der Waals surface area contributed by atoms with Gasteiger partial charge in [0, 0.05) is 24.7 Å². The summed E-state index contributed by atoms with van der Waals surface area (Å²) in [6, 6.07) is 5.79. The summed E-state index contributed by atoms with van der Waals surface area (Å²) in [5, 5.41) is 4.36. The van der Waals surface area contributed by atoms with Gasteiger partial charge in [0.1, 0.15) is 12.5 Å². The molecule has 0 radical (unpaired) electrons. The minimum Gasteiger partial charge on any atom is -0.360 e. The predicted octanol–water partition coefficient (Wildman–Crippen LogP) is 5.07. The van der Waals surface area contributed by atoms with E-state index in [1.807, 2.05) is 6.92 Å². The lowest BCUT2D eigenvalue weighted by molar-refractivity contribution is 0.0797. The predicted molar refractivity (Wildman–Crippen MR) is 94.2 cm³/mol. The van der Waals surface area contributed by atoms with Gasteiger partial charge in [0.15, 0.2) is 0 Å². The Morgan fingerprint density at radius 2 is 2.05 bits per heavy atom. The van der Waals surface area contributed by atoms with Crippen molar-refractivity contribution in [1.82, 2.24) is 9.78 Å². The number of ether oxygens (including phenoxy) is 1. The van der Waals surface area contributed by atoms with Crippen LogP contribution in [-0.4, -0.2) is 24.5 Å². The van der Waals surface area contributed by atoms with Crippen LogP contribution in [0.3, 0.4) is 0 Å². The third-order valence-electron chi connectivity index (χ3n) is 3.42. The molecule has 0 aliphatic carbocycles. The van der Waals surface area contributed by atoms with Crippen LogP contribution >= 0.6 is 15.9 Å². The van der Waals surface area contributed by atoms with Crippen molar-refractivity contribution >= 4 is 24.0 Å². The molecule has 22 heavy (non-hydrogen) atoms. The third-order valence-corrected chi connectivity index (χ3v) is 5.81. The SMILES string of the molecule is Cc1cnn(COCC[Si](C)(C)C)c1-c1cc(F)ccc1Br. The summed E-state index contributed by atoms with van der Waals surface area (Å²) in [6.45, 7) is 10.1. The average Bonchev–Trinajstić information content (AvgIpc) is 2.78. The number of benzene rings is 1. The van der Waals surface area contributed by atoms with E-state index in [4.69, 9.17) is 4.74 Å². The Hall–Kier alpha value is -0.983. The molecular weight excluding hydrogens is 363 g/mol.